The van der Waals surface area contributed by atoms with Gasteiger partial charge in [-0.1, -0.05) is 62.7 Å². The molecule has 4 atom stereocenters. The highest BCUT2D eigenvalue weighted by Crippen LogP contribution is 2.22. The Hall–Kier alpha value is -3.85. The quantitative estimate of drug-likeness (QED) is 0.236. The molecule has 266 valence electrons. The topological polar surface area (TPSA) is 145 Å². The van der Waals surface area contributed by atoms with Gasteiger partial charge in [0.25, 0.3) is 0 Å². The monoisotopic (exact) mass is 698 g/mol. The largest absolute Gasteiger partial charge is 0.490 e. The smallest absolute Gasteiger partial charge is 0.475 e. The molecule has 0 radical (unpaired) electrons. The predicted molar refractivity (Wildman–Crippen MR) is 177 cm³/mol. The zero-order valence-corrected chi connectivity index (χ0v) is 28.7. The van der Waals surface area contributed by atoms with Crippen LogP contribution in [0.25, 0.3) is 10.8 Å². The van der Waals surface area contributed by atoms with Crippen molar-refractivity contribution in [2.45, 2.75) is 70.4 Å². The van der Waals surface area contributed by atoms with E-state index in [0.29, 0.717) is 38.1 Å². The molecule has 11 nitrogen and oxygen atoms in total. The van der Waals surface area contributed by atoms with Crippen molar-refractivity contribution in [1.82, 2.24) is 20.4 Å². The molecular formula is C33H45F3N4O7S. The first-order chi connectivity index (χ1) is 22.6. The summed E-state index contributed by atoms with van der Waals surface area (Å²) in [4.78, 5) is 63.4. The number of rotatable bonds is 15. The minimum absolute atomic E-state index is 0.0267. The van der Waals surface area contributed by atoms with Crippen LogP contribution in [-0.2, 0) is 35.3 Å². The molecule has 2 aromatic carbocycles. The second-order valence-corrected chi connectivity index (χ2v) is 12.6. The van der Waals surface area contributed by atoms with E-state index in [-0.39, 0.29) is 36.2 Å². The van der Waals surface area contributed by atoms with Gasteiger partial charge in [-0.2, -0.15) is 24.9 Å². The maximum atomic E-state index is 13.3. The number of carbonyl (C=O) groups is 5. The Morgan fingerprint density at radius 2 is 1.77 bits per heavy atom. The summed E-state index contributed by atoms with van der Waals surface area (Å²) >= 11 is 1.60. The summed E-state index contributed by atoms with van der Waals surface area (Å²) < 4.78 is 36.7. The molecule has 0 saturated carbocycles. The molecule has 0 unspecified atom stereocenters. The van der Waals surface area contributed by atoms with Gasteiger partial charge in [0, 0.05) is 32.6 Å². The molecule has 1 heterocycles. The Kier molecular flexibility index (Phi) is 16.1. The zero-order chi connectivity index (χ0) is 36.0. The SMILES string of the molecule is CC[C@H](C)[C@@H](CN(CC(=O)N[C@@H](CCSC)C(=O)OC)Cc1cccc2ccccc12)NC(=O)[C@@H]1CCC(=O)N1C.O=C(O)C(F)(F)F. The Labute approximate surface area is 282 Å². The van der Waals surface area contributed by atoms with Crippen molar-refractivity contribution in [3.05, 3.63) is 48.0 Å². The van der Waals surface area contributed by atoms with Crippen LogP contribution in [0.2, 0.25) is 0 Å². The number of aliphatic carboxylic acids is 1. The van der Waals surface area contributed by atoms with E-state index in [1.165, 1.54) is 12.0 Å². The van der Waals surface area contributed by atoms with Crippen molar-refractivity contribution in [2.24, 2.45) is 5.92 Å². The van der Waals surface area contributed by atoms with E-state index < -0.39 is 30.2 Å². The molecular weight excluding hydrogens is 653 g/mol. The Morgan fingerprint density at radius 3 is 2.33 bits per heavy atom. The third-order valence-electron chi connectivity index (χ3n) is 8.22. The number of methoxy groups -OCH3 is 1. The number of esters is 1. The number of hydrogen-bond donors (Lipinski definition) is 3. The van der Waals surface area contributed by atoms with Crippen molar-refractivity contribution < 1.29 is 47.0 Å². The lowest BCUT2D eigenvalue weighted by atomic mass is 9.97. The lowest BCUT2D eigenvalue weighted by Gasteiger charge is -2.33. The lowest BCUT2D eigenvalue weighted by molar-refractivity contribution is -0.192. The summed E-state index contributed by atoms with van der Waals surface area (Å²) in [5.41, 5.74) is 1.07. The van der Waals surface area contributed by atoms with Crippen LogP contribution in [-0.4, -0.2) is 108 Å². The van der Waals surface area contributed by atoms with E-state index in [4.69, 9.17) is 14.6 Å². The molecule has 0 aromatic heterocycles. The Balaban J connectivity index is 0.00000103. The molecule has 0 aliphatic carbocycles. The third kappa shape index (κ3) is 12.3. The number of nitrogens with one attached hydrogen (secondary N) is 2. The van der Waals surface area contributed by atoms with Gasteiger partial charge in [0.05, 0.1) is 13.7 Å². The van der Waals surface area contributed by atoms with Crippen molar-refractivity contribution in [3.63, 3.8) is 0 Å². The van der Waals surface area contributed by atoms with Gasteiger partial charge < -0.3 is 25.4 Å². The van der Waals surface area contributed by atoms with E-state index >= 15 is 0 Å². The van der Waals surface area contributed by atoms with Gasteiger partial charge in [0.15, 0.2) is 0 Å². The minimum Gasteiger partial charge on any atom is -0.475 e. The summed E-state index contributed by atoms with van der Waals surface area (Å²) in [6, 6.07) is 12.8. The number of nitrogens with zero attached hydrogens (tertiary/aromatic N) is 2. The van der Waals surface area contributed by atoms with Crippen LogP contribution in [0.1, 0.15) is 45.1 Å². The fraction of sp³-hybridized carbons (Fsp3) is 0.545. The molecule has 1 fully saturated rings. The van der Waals surface area contributed by atoms with Gasteiger partial charge in [0.2, 0.25) is 17.7 Å². The lowest BCUT2D eigenvalue weighted by Crippen LogP contribution is -2.53. The highest BCUT2D eigenvalue weighted by molar-refractivity contribution is 7.98. The Bertz CT molecular complexity index is 1410. The van der Waals surface area contributed by atoms with Crippen LogP contribution in [0.3, 0.4) is 0 Å². The number of fused-ring (bicyclic) bond motifs is 1. The number of carbonyl (C=O) groups excluding carboxylic acids is 4. The fourth-order valence-electron chi connectivity index (χ4n) is 5.25. The normalized spacial score (nSPS) is 16.5. The predicted octanol–water partition coefficient (Wildman–Crippen LogP) is 3.84. The summed E-state index contributed by atoms with van der Waals surface area (Å²) in [6.45, 7) is 5.10. The van der Waals surface area contributed by atoms with E-state index in [9.17, 15) is 32.3 Å². The molecule has 15 heteroatoms. The van der Waals surface area contributed by atoms with Crippen LogP contribution in [0.15, 0.2) is 42.5 Å². The number of ether oxygens (including phenoxy) is 1. The average Bonchev–Trinajstić information content (AvgIpc) is 3.39. The standard InChI is InChI=1S/C31H44N4O5S.C2HF3O2/c1-6-21(2)26(33-30(38)27-14-15-29(37)34(27)3)19-35(18-23-12-9-11-22-10-7-8-13-24(22)23)20-28(36)32-25(16-17-41-5)31(39)40-4;3-2(4,5)1(6)7/h7-13,21,25-27H,6,14-20H2,1-5H3,(H,32,36)(H,33,38);(H,6,7)/t21-,25-,26+,27-;/m0./s1. The van der Waals surface area contributed by atoms with Gasteiger partial charge in [-0.3, -0.25) is 19.3 Å². The van der Waals surface area contributed by atoms with Crippen molar-refractivity contribution in [2.75, 3.05) is 39.3 Å². The van der Waals surface area contributed by atoms with E-state index in [2.05, 4.69) is 48.7 Å². The molecule has 1 aliphatic rings. The number of carboxylic acids is 1. The fourth-order valence-corrected chi connectivity index (χ4v) is 5.72. The summed E-state index contributed by atoms with van der Waals surface area (Å²) in [7, 11) is 2.99. The number of alkyl halides is 3. The molecule has 1 saturated heterocycles. The maximum Gasteiger partial charge on any atom is 0.490 e. The number of likely N-dealkylation sites (N-methyl/N-ethyl adjacent to an activating group) is 1. The van der Waals surface area contributed by atoms with Crippen molar-refractivity contribution >= 4 is 52.2 Å². The molecule has 3 N–H and O–H groups in total. The third-order valence-corrected chi connectivity index (χ3v) is 8.87. The molecule has 3 rings (SSSR count). The van der Waals surface area contributed by atoms with Crippen molar-refractivity contribution in [3.8, 4) is 0 Å². The number of halogens is 3. The van der Waals surface area contributed by atoms with Gasteiger partial charge in [-0.05, 0) is 47.1 Å². The summed E-state index contributed by atoms with van der Waals surface area (Å²) in [5.74, 6) is -2.86. The maximum absolute atomic E-state index is 13.3. The number of thioether (sulfide) groups is 1. The van der Waals surface area contributed by atoms with Crippen LogP contribution >= 0.6 is 11.8 Å². The highest BCUT2D eigenvalue weighted by Gasteiger charge is 2.38. The number of benzene rings is 2. The number of carboxylic acid groups (broad SMARTS) is 1. The van der Waals surface area contributed by atoms with Crippen LogP contribution in [0, 0.1) is 5.92 Å². The van der Waals surface area contributed by atoms with Gasteiger partial charge in [0.1, 0.15) is 12.1 Å². The molecule has 2 aromatic rings. The first-order valence-electron chi connectivity index (χ1n) is 15.5. The zero-order valence-electron chi connectivity index (χ0n) is 27.8. The van der Waals surface area contributed by atoms with E-state index in [1.54, 1.807) is 18.8 Å². The van der Waals surface area contributed by atoms with Crippen molar-refractivity contribution in [1.29, 1.82) is 0 Å². The summed E-state index contributed by atoms with van der Waals surface area (Å²) in [6.07, 6.45) is -0.958. The van der Waals surface area contributed by atoms with Gasteiger partial charge >= 0.3 is 18.1 Å². The van der Waals surface area contributed by atoms with E-state index in [0.717, 1.165) is 22.8 Å². The summed E-state index contributed by atoms with van der Waals surface area (Å²) in [5, 5.41) is 15.4. The van der Waals surface area contributed by atoms with Crippen LogP contribution in [0.4, 0.5) is 13.2 Å². The van der Waals surface area contributed by atoms with Gasteiger partial charge in [-0.25, -0.2) is 9.59 Å². The molecule has 48 heavy (non-hydrogen) atoms. The van der Waals surface area contributed by atoms with Crippen LogP contribution < -0.4 is 10.6 Å². The molecule has 1 aliphatic heterocycles. The number of amides is 3. The first-order valence-corrected chi connectivity index (χ1v) is 16.9. The number of likely N-dealkylation sites (tertiary alicyclic amines) is 1. The molecule has 3 amide bonds. The first kappa shape index (κ1) is 40.3. The molecule has 0 bridgehead atoms. The highest BCUT2D eigenvalue weighted by atomic mass is 32.2. The average molecular weight is 699 g/mol. The second-order valence-electron chi connectivity index (χ2n) is 11.6. The van der Waals surface area contributed by atoms with E-state index in [1.807, 2.05) is 29.4 Å². The Morgan fingerprint density at radius 1 is 1.12 bits per heavy atom. The minimum atomic E-state index is -5.08. The van der Waals surface area contributed by atoms with Gasteiger partial charge in [-0.15, -0.1) is 0 Å². The number of hydrogen-bond acceptors (Lipinski definition) is 8. The molecule has 0 spiro atoms. The van der Waals surface area contributed by atoms with Crippen LogP contribution in [0.5, 0.6) is 0 Å². The second kappa shape index (κ2) is 19.2.